The number of nitrogen functional groups attached to an aromatic ring is 1. The topological polar surface area (TPSA) is 167 Å². The average molecular weight is 473 g/mol. The molecule has 1 aliphatic heterocycles. The number of carbonyl (C=O) groups is 2. The Bertz CT molecular complexity index is 1120. The summed E-state index contributed by atoms with van der Waals surface area (Å²) in [5.74, 6) is 5.59. The molecule has 1 saturated carbocycles. The maximum atomic E-state index is 12.4. The van der Waals surface area contributed by atoms with Gasteiger partial charge in [0, 0.05) is 26.1 Å². The van der Waals surface area contributed by atoms with Crippen LogP contribution in [0.5, 0.6) is 0 Å². The number of nitrogens with one attached hydrogen (secondary N) is 1. The van der Waals surface area contributed by atoms with E-state index in [1.54, 1.807) is 0 Å². The zero-order valence-electron chi connectivity index (χ0n) is 18.9. The highest BCUT2D eigenvalue weighted by Gasteiger charge is 2.41. The Kier molecular flexibility index (Phi) is 7.11. The first-order chi connectivity index (χ1) is 16.4. The van der Waals surface area contributed by atoms with Crippen LogP contribution >= 0.6 is 0 Å². The lowest BCUT2D eigenvalue weighted by atomic mass is 10.2. The summed E-state index contributed by atoms with van der Waals surface area (Å²) in [5.41, 5.74) is 6.68. The predicted octanol–water partition coefficient (Wildman–Crippen LogP) is -0.598. The molecule has 1 saturated heterocycles. The van der Waals surface area contributed by atoms with Crippen molar-refractivity contribution in [2.45, 2.75) is 43.7 Å². The third-order valence-corrected chi connectivity index (χ3v) is 5.50. The lowest BCUT2D eigenvalue weighted by molar-refractivity contribution is -0.134. The van der Waals surface area contributed by atoms with E-state index in [1.807, 2.05) is 0 Å². The van der Waals surface area contributed by atoms with E-state index in [0.29, 0.717) is 24.3 Å². The summed E-state index contributed by atoms with van der Waals surface area (Å²) in [6, 6.07) is 0.194. The number of aromatic nitrogens is 4. The zero-order chi connectivity index (χ0) is 24.2. The predicted molar refractivity (Wildman–Crippen MR) is 118 cm³/mol. The van der Waals surface area contributed by atoms with Gasteiger partial charge in [0.15, 0.2) is 17.7 Å². The molecule has 4 rings (SSSR count). The second-order valence-electron chi connectivity index (χ2n) is 8.04. The number of imidazole rings is 1. The number of rotatable bonds is 7. The third-order valence-electron chi connectivity index (χ3n) is 5.50. The minimum Gasteiger partial charge on any atom is -0.453 e. The fourth-order valence-corrected chi connectivity index (χ4v) is 3.55. The Hall–Kier alpha value is -3.47. The molecule has 2 aromatic heterocycles. The van der Waals surface area contributed by atoms with Crippen LogP contribution in [0.3, 0.4) is 0 Å². The summed E-state index contributed by atoms with van der Waals surface area (Å²) in [7, 11) is 2.82. The first-order valence-electron chi connectivity index (χ1n) is 10.9. The number of aliphatic hydroxyl groups excluding tert-OH is 1. The molecule has 0 spiro atoms. The number of fused-ring (bicyclic) bond motifs is 1. The van der Waals surface area contributed by atoms with Crippen LogP contribution in [-0.4, -0.2) is 93.7 Å². The Morgan fingerprint density at radius 1 is 1.38 bits per heavy atom. The number of ether oxygens (including phenoxy) is 3. The van der Waals surface area contributed by atoms with E-state index in [9.17, 15) is 14.7 Å². The summed E-state index contributed by atoms with van der Waals surface area (Å²) in [6.45, 7) is 0.701. The molecule has 3 heterocycles. The van der Waals surface area contributed by atoms with Gasteiger partial charge in [0.05, 0.1) is 26.6 Å². The van der Waals surface area contributed by atoms with Gasteiger partial charge in [0.1, 0.15) is 17.7 Å². The Labute approximate surface area is 195 Å². The molecule has 13 heteroatoms. The van der Waals surface area contributed by atoms with E-state index in [4.69, 9.17) is 19.9 Å². The molecule has 34 heavy (non-hydrogen) atoms. The largest absolute Gasteiger partial charge is 0.453 e. The normalized spacial score (nSPS) is 21.7. The summed E-state index contributed by atoms with van der Waals surface area (Å²) in [4.78, 5) is 38.4. The van der Waals surface area contributed by atoms with Crippen molar-refractivity contribution < 1.29 is 28.9 Å². The quantitative estimate of drug-likeness (QED) is 0.442. The standard InChI is InChI=1S/C21H27N7O6/c1-32-9-8-27(21(31)33-2)7-3-4-15-25-17(22)16-18(26-15)28(11-23-16)20-13(29)10-14(34-20)19(30)24-12-5-6-12/h11-14,20,29H,5-10H2,1-2H3,(H,24,30)(H2,22,25,26). The van der Waals surface area contributed by atoms with Gasteiger partial charge in [-0.15, -0.1) is 0 Å². The number of nitrogens with zero attached hydrogens (tertiary/aromatic N) is 5. The van der Waals surface area contributed by atoms with Crippen molar-refractivity contribution in [3.63, 3.8) is 0 Å². The number of hydrogen-bond acceptors (Lipinski definition) is 10. The van der Waals surface area contributed by atoms with Gasteiger partial charge in [-0.1, -0.05) is 5.92 Å². The molecule has 3 atom stereocenters. The summed E-state index contributed by atoms with van der Waals surface area (Å²) in [6.07, 6.45) is 0.403. The first-order valence-corrected chi connectivity index (χ1v) is 10.9. The number of carbonyl (C=O) groups excluding carboxylic acids is 2. The molecule has 182 valence electrons. The third kappa shape index (κ3) is 5.19. The fourth-order valence-electron chi connectivity index (χ4n) is 3.55. The molecule has 2 amide bonds. The molecule has 13 nitrogen and oxygen atoms in total. The SMILES string of the molecule is COCCN(CC#Cc1nc(N)c2ncn(C3OC(C(=O)NC4CC4)CC3O)c2n1)C(=O)OC. The average Bonchev–Trinajstić information content (AvgIpc) is 3.39. The fraction of sp³-hybridized carbons (Fsp3) is 0.571. The maximum Gasteiger partial charge on any atom is 0.410 e. The van der Waals surface area contributed by atoms with Crippen molar-refractivity contribution in [2.75, 3.05) is 39.6 Å². The van der Waals surface area contributed by atoms with Crippen LogP contribution < -0.4 is 11.1 Å². The second-order valence-corrected chi connectivity index (χ2v) is 8.04. The van der Waals surface area contributed by atoms with Crippen molar-refractivity contribution in [1.82, 2.24) is 29.7 Å². The molecule has 2 aliphatic rings. The molecule has 1 aliphatic carbocycles. The van der Waals surface area contributed by atoms with Crippen molar-refractivity contribution in [3.05, 3.63) is 12.2 Å². The van der Waals surface area contributed by atoms with Crippen molar-refractivity contribution in [1.29, 1.82) is 0 Å². The van der Waals surface area contributed by atoms with Crippen molar-refractivity contribution in [3.8, 4) is 11.8 Å². The van der Waals surface area contributed by atoms with Gasteiger partial charge in [-0.25, -0.2) is 19.7 Å². The van der Waals surface area contributed by atoms with Crippen molar-refractivity contribution in [2.24, 2.45) is 0 Å². The molecule has 0 bridgehead atoms. The number of aliphatic hydroxyl groups is 1. The number of amides is 2. The van der Waals surface area contributed by atoms with Crippen LogP contribution in [0.15, 0.2) is 6.33 Å². The van der Waals surface area contributed by atoms with E-state index < -0.39 is 24.5 Å². The number of anilines is 1. The molecule has 0 aromatic carbocycles. The van der Waals surface area contributed by atoms with E-state index in [1.165, 1.54) is 30.0 Å². The Balaban J connectivity index is 1.53. The lowest BCUT2D eigenvalue weighted by Crippen LogP contribution is -2.35. The Morgan fingerprint density at radius 2 is 2.18 bits per heavy atom. The first kappa shape index (κ1) is 23.7. The monoisotopic (exact) mass is 473 g/mol. The number of methoxy groups -OCH3 is 2. The van der Waals surface area contributed by atoms with Gasteiger partial charge in [-0.2, -0.15) is 0 Å². The van der Waals surface area contributed by atoms with E-state index in [-0.39, 0.29) is 36.6 Å². The summed E-state index contributed by atoms with van der Waals surface area (Å²) >= 11 is 0. The van der Waals surface area contributed by atoms with Crippen LogP contribution in [0.1, 0.15) is 31.3 Å². The van der Waals surface area contributed by atoms with Crippen LogP contribution in [-0.2, 0) is 19.0 Å². The highest BCUT2D eigenvalue weighted by molar-refractivity contribution is 5.83. The van der Waals surface area contributed by atoms with Crippen molar-refractivity contribution >= 4 is 29.0 Å². The molecule has 0 radical (unpaired) electrons. The number of hydrogen-bond donors (Lipinski definition) is 3. The van der Waals surface area contributed by atoms with Gasteiger partial charge >= 0.3 is 6.09 Å². The molecule has 2 fully saturated rings. The van der Waals surface area contributed by atoms with Crippen LogP contribution in [0.25, 0.3) is 11.2 Å². The summed E-state index contributed by atoms with van der Waals surface area (Å²) in [5, 5.41) is 13.4. The van der Waals surface area contributed by atoms with Crippen LogP contribution in [0.2, 0.25) is 0 Å². The van der Waals surface area contributed by atoms with Gasteiger partial charge < -0.3 is 30.4 Å². The smallest absolute Gasteiger partial charge is 0.410 e. The number of nitrogens with two attached hydrogens (primary N) is 1. The van der Waals surface area contributed by atoms with Crippen LogP contribution in [0.4, 0.5) is 10.6 Å². The van der Waals surface area contributed by atoms with E-state index in [0.717, 1.165) is 12.8 Å². The zero-order valence-corrected chi connectivity index (χ0v) is 18.9. The lowest BCUT2D eigenvalue weighted by Gasteiger charge is -2.17. The van der Waals surface area contributed by atoms with Crippen LogP contribution in [0, 0.1) is 11.8 Å². The van der Waals surface area contributed by atoms with Gasteiger partial charge in [-0.05, 0) is 18.8 Å². The molecule has 3 unspecified atom stereocenters. The molecular weight excluding hydrogens is 446 g/mol. The molecule has 2 aromatic rings. The van der Waals surface area contributed by atoms with E-state index >= 15 is 0 Å². The highest BCUT2D eigenvalue weighted by Crippen LogP contribution is 2.32. The highest BCUT2D eigenvalue weighted by atomic mass is 16.5. The van der Waals surface area contributed by atoms with E-state index in [2.05, 4.69) is 32.1 Å². The maximum absolute atomic E-state index is 12.4. The van der Waals surface area contributed by atoms with Gasteiger partial charge in [-0.3, -0.25) is 14.3 Å². The minimum absolute atomic E-state index is 0.0683. The second kappa shape index (κ2) is 10.2. The van der Waals surface area contributed by atoms with Gasteiger partial charge in [0.25, 0.3) is 0 Å². The summed E-state index contributed by atoms with van der Waals surface area (Å²) < 4.78 is 17.1. The molecular formula is C21H27N7O6. The molecule has 4 N–H and O–H groups in total. The van der Waals surface area contributed by atoms with Gasteiger partial charge in [0.2, 0.25) is 11.7 Å². The Morgan fingerprint density at radius 3 is 2.88 bits per heavy atom. The minimum atomic E-state index is -0.938.